The van der Waals surface area contributed by atoms with Crippen LogP contribution in [0.3, 0.4) is 0 Å². The van der Waals surface area contributed by atoms with Crippen LogP contribution in [0.2, 0.25) is 0 Å². The van der Waals surface area contributed by atoms with Crippen LogP contribution in [0.5, 0.6) is 0 Å². The molecular weight excluding hydrogens is 216 g/mol. The van der Waals surface area contributed by atoms with Gasteiger partial charge in [0.1, 0.15) is 0 Å². The summed E-state index contributed by atoms with van der Waals surface area (Å²) >= 11 is 0. The molecule has 0 aromatic carbocycles. The van der Waals surface area contributed by atoms with E-state index in [1.165, 1.54) is 0 Å². The van der Waals surface area contributed by atoms with E-state index < -0.39 is 0 Å². The summed E-state index contributed by atoms with van der Waals surface area (Å²) in [7, 11) is 4.21. The fraction of sp³-hybridized carbons (Fsp3) is 0.667. The lowest BCUT2D eigenvalue weighted by Crippen LogP contribution is -2.32. The summed E-state index contributed by atoms with van der Waals surface area (Å²) in [6, 6.07) is 0.580. The Morgan fingerprint density at radius 2 is 2.29 bits per heavy atom. The third-order valence-electron chi connectivity index (χ3n) is 3.42. The molecule has 94 valence electrons. The van der Waals surface area contributed by atoms with E-state index >= 15 is 0 Å². The summed E-state index contributed by atoms with van der Waals surface area (Å²) in [6.45, 7) is 3.90. The number of anilines is 1. The first kappa shape index (κ1) is 12.3. The van der Waals surface area contributed by atoms with Gasteiger partial charge < -0.3 is 14.9 Å². The maximum atomic E-state index is 9.09. The standard InChI is InChI=1S/C12H20N4O/c1-9-10(8-17)6-13-12(14-9)16-5-4-11(7-16)15(2)3/h6,11,17H,4-5,7-8H2,1-3H3. The predicted octanol–water partition coefficient (Wildman–Crippen LogP) is 0.418. The van der Waals surface area contributed by atoms with Crippen LogP contribution in [0.15, 0.2) is 6.20 Å². The van der Waals surface area contributed by atoms with Crippen molar-refractivity contribution in [3.05, 3.63) is 17.5 Å². The Morgan fingerprint density at radius 3 is 2.82 bits per heavy atom. The van der Waals surface area contributed by atoms with Gasteiger partial charge in [-0.1, -0.05) is 0 Å². The molecule has 17 heavy (non-hydrogen) atoms. The van der Waals surface area contributed by atoms with Crippen molar-refractivity contribution < 1.29 is 5.11 Å². The molecule has 5 heteroatoms. The Balaban J connectivity index is 2.11. The average Bonchev–Trinajstić information content (AvgIpc) is 2.78. The molecule has 1 unspecified atom stereocenters. The maximum absolute atomic E-state index is 9.09. The highest BCUT2D eigenvalue weighted by molar-refractivity contribution is 5.34. The van der Waals surface area contributed by atoms with Crippen LogP contribution in [0, 0.1) is 6.92 Å². The maximum Gasteiger partial charge on any atom is 0.225 e. The van der Waals surface area contributed by atoms with Crippen molar-refractivity contribution in [3.8, 4) is 0 Å². The number of aromatic nitrogens is 2. The summed E-state index contributed by atoms with van der Waals surface area (Å²) < 4.78 is 0. The van der Waals surface area contributed by atoms with Gasteiger partial charge in [0.25, 0.3) is 0 Å². The minimum Gasteiger partial charge on any atom is -0.392 e. The number of aliphatic hydroxyl groups excluding tert-OH is 1. The number of hydrogen-bond donors (Lipinski definition) is 1. The van der Waals surface area contributed by atoms with E-state index in [0.717, 1.165) is 36.7 Å². The third kappa shape index (κ3) is 2.56. The summed E-state index contributed by atoms with van der Waals surface area (Å²) in [5.74, 6) is 0.782. The Kier molecular flexibility index (Phi) is 3.59. The van der Waals surface area contributed by atoms with Gasteiger partial charge in [0, 0.05) is 36.6 Å². The van der Waals surface area contributed by atoms with Crippen LogP contribution >= 0.6 is 0 Å². The number of likely N-dealkylation sites (N-methyl/N-ethyl adjacent to an activating group) is 1. The molecule has 0 aliphatic carbocycles. The van der Waals surface area contributed by atoms with Crippen LogP contribution in [0.4, 0.5) is 5.95 Å². The summed E-state index contributed by atoms with van der Waals surface area (Å²) in [4.78, 5) is 13.2. The number of aliphatic hydroxyl groups is 1. The van der Waals surface area contributed by atoms with Crippen LogP contribution < -0.4 is 4.90 Å². The molecule has 2 heterocycles. The van der Waals surface area contributed by atoms with Gasteiger partial charge in [0.15, 0.2) is 0 Å². The molecule has 0 amide bonds. The molecule has 2 rings (SSSR count). The van der Waals surface area contributed by atoms with E-state index in [1.807, 2.05) is 6.92 Å². The Hall–Kier alpha value is -1.20. The van der Waals surface area contributed by atoms with Crippen molar-refractivity contribution in [2.45, 2.75) is 26.0 Å². The Bertz CT molecular complexity index is 394. The van der Waals surface area contributed by atoms with E-state index in [2.05, 4.69) is 33.9 Å². The van der Waals surface area contributed by atoms with Crippen molar-refractivity contribution >= 4 is 5.95 Å². The van der Waals surface area contributed by atoms with Crippen LogP contribution in [0.25, 0.3) is 0 Å². The van der Waals surface area contributed by atoms with Crippen molar-refractivity contribution in [1.82, 2.24) is 14.9 Å². The van der Waals surface area contributed by atoms with Crippen LogP contribution in [0.1, 0.15) is 17.7 Å². The molecule has 5 nitrogen and oxygen atoms in total. The van der Waals surface area contributed by atoms with Gasteiger partial charge >= 0.3 is 0 Å². The second-order valence-electron chi connectivity index (χ2n) is 4.79. The van der Waals surface area contributed by atoms with E-state index in [9.17, 15) is 0 Å². The zero-order valence-corrected chi connectivity index (χ0v) is 10.7. The van der Waals surface area contributed by atoms with Gasteiger partial charge in [0.2, 0.25) is 5.95 Å². The van der Waals surface area contributed by atoms with Gasteiger partial charge in [-0.3, -0.25) is 0 Å². The largest absolute Gasteiger partial charge is 0.392 e. The molecule has 0 bridgehead atoms. The van der Waals surface area contributed by atoms with Crippen LogP contribution in [-0.2, 0) is 6.61 Å². The lowest BCUT2D eigenvalue weighted by molar-refractivity contribution is 0.280. The van der Waals surface area contributed by atoms with E-state index in [4.69, 9.17) is 5.11 Å². The zero-order chi connectivity index (χ0) is 12.4. The molecule has 1 fully saturated rings. The molecule has 1 saturated heterocycles. The topological polar surface area (TPSA) is 52.5 Å². The lowest BCUT2D eigenvalue weighted by atomic mass is 10.2. The lowest BCUT2D eigenvalue weighted by Gasteiger charge is -2.20. The summed E-state index contributed by atoms with van der Waals surface area (Å²) in [5.41, 5.74) is 1.67. The Labute approximate surface area is 102 Å². The fourth-order valence-electron chi connectivity index (χ4n) is 2.13. The second-order valence-corrected chi connectivity index (χ2v) is 4.79. The highest BCUT2D eigenvalue weighted by Gasteiger charge is 2.25. The SMILES string of the molecule is Cc1nc(N2CCC(N(C)C)C2)ncc1CO. The minimum atomic E-state index is 0.00639. The molecule has 1 aromatic rings. The molecule has 0 saturated carbocycles. The van der Waals surface area contributed by atoms with Gasteiger partial charge in [-0.2, -0.15) is 0 Å². The minimum absolute atomic E-state index is 0.00639. The number of rotatable bonds is 3. The zero-order valence-electron chi connectivity index (χ0n) is 10.7. The van der Waals surface area contributed by atoms with E-state index in [1.54, 1.807) is 6.20 Å². The van der Waals surface area contributed by atoms with Gasteiger partial charge in [0.05, 0.1) is 6.61 Å². The molecule has 1 N–H and O–H groups in total. The normalized spacial score (nSPS) is 20.3. The number of aryl methyl sites for hydroxylation is 1. The summed E-state index contributed by atoms with van der Waals surface area (Å²) in [6.07, 6.45) is 2.87. The highest BCUT2D eigenvalue weighted by Crippen LogP contribution is 2.19. The van der Waals surface area contributed by atoms with Crippen molar-refractivity contribution in [1.29, 1.82) is 0 Å². The molecule has 1 aliphatic rings. The van der Waals surface area contributed by atoms with Crippen molar-refractivity contribution in [2.75, 3.05) is 32.1 Å². The molecule has 0 radical (unpaired) electrons. The van der Waals surface area contributed by atoms with Gasteiger partial charge in [-0.25, -0.2) is 9.97 Å². The van der Waals surface area contributed by atoms with Crippen molar-refractivity contribution in [2.24, 2.45) is 0 Å². The van der Waals surface area contributed by atoms with E-state index in [0.29, 0.717) is 6.04 Å². The van der Waals surface area contributed by atoms with Crippen molar-refractivity contribution in [3.63, 3.8) is 0 Å². The average molecular weight is 236 g/mol. The first-order valence-corrected chi connectivity index (χ1v) is 5.96. The molecule has 1 aliphatic heterocycles. The summed E-state index contributed by atoms with van der Waals surface area (Å²) in [5, 5.41) is 9.09. The smallest absolute Gasteiger partial charge is 0.225 e. The first-order valence-electron chi connectivity index (χ1n) is 5.96. The fourth-order valence-corrected chi connectivity index (χ4v) is 2.13. The first-order chi connectivity index (χ1) is 8.11. The second kappa shape index (κ2) is 4.98. The Morgan fingerprint density at radius 1 is 1.53 bits per heavy atom. The van der Waals surface area contributed by atoms with Crippen LogP contribution in [-0.4, -0.2) is 53.2 Å². The molecule has 0 spiro atoms. The third-order valence-corrected chi connectivity index (χ3v) is 3.42. The molecule has 1 aromatic heterocycles. The predicted molar refractivity (Wildman–Crippen MR) is 67.0 cm³/mol. The van der Waals surface area contributed by atoms with Gasteiger partial charge in [-0.05, 0) is 27.4 Å². The monoisotopic (exact) mass is 236 g/mol. The molecular formula is C12H20N4O. The van der Waals surface area contributed by atoms with E-state index in [-0.39, 0.29) is 6.61 Å². The highest BCUT2D eigenvalue weighted by atomic mass is 16.3. The number of hydrogen-bond acceptors (Lipinski definition) is 5. The van der Waals surface area contributed by atoms with Gasteiger partial charge in [-0.15, -0.1) is 0 Å². The quantitative estimate of drug-likeness (QED) is 0.824. The molecule has 1 atom stereocenters. The number of nitrogens with zero attached hydrogens (tertiary/aromatic N) is 4.